The van der Waals surface area contributed by atoms with Gasteiger partial charge in [-0.15, -0.1) is 11.3 Å². The number of rotatable bonds is 6. The van der Waals surface area contributed by atoms with Crippen molar-refractivity contribution in [2.24, 2.45) is 0 Å². The lowest BCUT2D eigenvalue weighted by Gasteiger charge is -2.14. The maximum absolute atomic E-state index is 5.39. The van der Waals surface area contributed by atoms with Crippen molar-refractivity contribution in [1.82, 2.24) is 9.97 Å². The quantitative estimate of drug-likeness (QED) is 0.736. The van der Waals surface area contributed by atoms with E-state index in [0.29, 0.717) is 23.8 Å². The van der Waals surface area contributed by atoms with Gasteiger partial charge in [-0.1, -0.05) is 0 Å². The highest BCUT2D eigenvalue weighted by Gasteiger charge is 2.14. The van der Waals surface area contributed by atoms with Gasteiger partial charge >= 0.3 is 0 Å². The highest BCUT2D eigenvalue weighted by Crippen LogP contribution is 2.38. The number of nitrogens with one attached hydrogen (secondary N) is 1. The number of ether oxygens (including phenoxy) is 3. The largest absolute Gasteiger partial charge is 0.493 e. The van der Waals surface area contributed by atoms with E-state index in [9.17, 15) is 0 Å². The lowest BCUT2D eigenvalue weighted by Crippen LogP contribution is -2.04. The molecule has 0 radical (unpaired) electrons. The minimum atomic E-state index is 0.583. The first-order chi connectivity index (χ1) is 11.7. The molecule has 2 heterocycles. The molecule has 3 aromatic rings. The van der Waals surface area contributed by atoms with E-state index in [0.717, 1.165) is 27.2 Å². The third-order valence-electron chi connectivity index (χ3n) is 3.72. The number of anilines is 1. The molecule has 2 aromatic heterocycles. The van der Waals surface area contributed by atoms with Crippen LogP contribution in [0.2, 0.25) is 0 Å². The van der Waals surface area contributed by atoms with E-state index in [-0.39, 0.29) is 0 Å². The number of nitrogens with zero attached hydrogens (tertiary/aromatic N) is 2. The Morgan fingerprint density at radius 2 is 1.75 bits per heavy atom. The summed E-state index contributed by atoms with van der Waals surface area (Å²) in [6.45, 7) is 2.63. The van der Waals surface area contributed by atoms with Crippen molar-refractivity contribution < 1.29 is 14.2 Å². The summed E-state index contributed by atoms with van der Waals surface area (Å²) in [5.41, 5.74) is 3.15. The predicted molar refractivity (Wildman–Crippen MR) is 95.6 cm³/mol. The summed E-state index contributed by atoms with van der Waals surface area (Å²) in [4.78, 5) is 8.69. The van der Waals surface area contributed by atoms with Gasteiger partial charge in [-0.3, -0.25) is 0 Å². The van der Waals surface area contributed by atoms with E-state index in [1.54, 1.807) is 39.0 Å². The fraction of sp³-hybridized carbons (Fsp3) is 0.294. The fourth-order valence-electron chi connectivity index (χ4n) is 2.52. The minimum Gasteiger partial charge on any atom is -0.493 e. The van der Waals surface area contributed by atoms with Gasteiger partial charge < -0.3 is 19.5 Å². The van der Waals surface area contributed by atoms with E-state index < -0.39 is 0 Å². The van der Waals surface area contributed by atoms with Crippen LogP contribution < -0.4 is 19.5 Å². The van der Waals surface area contributed by atoms with Gasteiger partial charge in [0.25, 0.3) is 0 Å². The molecule has 0 aliphatic rings. The summed E-state index contributed by atoms with van der Waals surface area (Å²) in [5.74, 6) is 2.68. The Bertz CT molecular complexity index is 838. The molecule has 3 rings (SSSR count). The molecular weight excluding hydrogens is 326 g/mol. The van der Waals surface area contributed by atoms with Crippen molar-refractivity contribution >= 4 is 27.4 Å². The molecule has 1 N–H and O–H groups in total. The molecule has 0 amide bonds. The number of hydrogen-bond acceptors (Lipinski definition) is 7. The normalized spacial score (nSPS) is 10.7. The number of thiophene rings is 1. The second kappa shape index (κ2) is 6.92. The van der Waals surface area contributed by atoms with Crippen LogP contribution in [0.25, 0.3) is 10.2 Å². The SMILES string of the molecule is COc1cc(CNc2ncnc3c(C)csc23)cc(OC)c1OC. The Labute approximate surface area is 144 Å². The van der Waals surface area contributed by atoms with Crippen LogP contribution in [0.1, 0.15) is 11.1 Å². The predicted octanol–water partition coefficient (Wildman–Crippen LogP) is 3.64. The fourth-order valence-corrected chi connectivity index (χ4v) is 3.49. The van der Waals surface area contributed by atoms with Crippen molar-refractivity contribution in [1.29, 1.82) is 0 Å². The Morgan fingerprint density at radius 1 is 1.04 bits per heavy atom. The van der Waals surface area contributed by atoms with Crippen LogP contribution in [-0.4, -0.2) is 31.3 Å². The molecular formula is C17H19N3O3S. The molecule has 0 fully saturated rings. The highest BCUT2D eigenvalue weighted by molar-refractivity contribution is 7.18. The van der Waals surface area contributed by atoms with E-state index in [1.807, 2.05) is 12.1 Å². The average molecular weight is 345 g/mol. The standard InChI is InChI=1S/C17H19N3O3S/c1-10-8-24-16-14(10)19-9-20-17(16)18-7-11-5-12(21-2)15(23-4)13(6-11)22-3/h5-6,8-9H,7H2,1-4H3,(H,18,19,20). The molecule has 0 saturated carbocycles. The topological polar surface area (TPSA) is 65.5 Å². The Balaban J connectivity index is 1.88. The van der Waals surface area contributed by atoms with Gasteiger partial charge in [-0.05, 0) is 35.6 Å². The first kappa shape index (κ1) is 16.3. The van der Waals surface area contributed by atoms with Crippen LogP contribution in [0.3, 0.4) is 0 Å². The van der Waals surface area contributed by atoms with Gasteiger partial charge in [-0.2, -0.15) is 0 Å². The Hall–Kier alpha value is -2.54. The summed E-state index contributed by atoms with van der Waals surface area (Å²) in [6.07, 6.45) is 1.58. The molecule has 0 saturated heterocycles. The van der Waals surface area contributed by atoms with Crippen LogP contribution >= 0.6 is 11.3 Å². The molecule has 0 unspecified atom stereocenters. The summed E-state index contributed by atoms with van der Waals surface area (Å²) >= 11 is 1.64. The van der Waals surface area contributed by atoms with Gasteiger partial charge in [0.1, 0.15) is 12.1 Å². The van der Waals surface area contributed by atoms with Crippen molar-refractivity contribution in [2.75, 3.05) is 26.6 Å². The second-order valence-corrected chi connectivity index (χ2v) is 6.09. The molecule has 0 atom stereocenters. The van der Waals surface area contributed by atoms with E-state index in [2.05, 4.69) is 27.6 Å². The minimum absolute atomic E-state index is 0.583. The van der Waals surface area contributed by atoms with Crippen LogP contribution in [0.5, 0.6) is 17.2 Å². The number of methoxy groups -OCH3 is 3. The number of fused-ring (bicyclic) bond motifs is 1. The van der Waals surface area contributed by atoms with E-state index >= 15 is 0 Å². The lowest BCUT2D eigenvalue weighted by atomic mass is 10.1. The van der Waals surface area contributed by atoms with Gasteiger partial charge in [0.15, 0.2) is 11.5 Å². The number of hydrogen-bond donors (Lipinski definition) is 1. The van der Waals surface area contributed by atoms with Crippen LogP contribution in [0.4, 0.5) is 5.82 Å². The summed E-state index contributed by atoms with van der Waals surface area (Å²) in [6, 6.07) is 3.85. The van der Waals surface area contributed by atoms with E-state index in [4.69, 9.17) is 14.2 Å². The molecule has 7 heteroatoms. The summed E-state index contributed by atoms with van der Waals surface area (Å²) in [7, 11) is 4.81. The first-order valence-electron chi connectivity index (χ1n) is 7.39. The third kappa shape index (κ3) is 2.94. The zero-order valence-corrected chi connectivity index (χ0v) is 14.9. The smallest absolute Gasteiger partial charge is 0.203 e. The zero-order chi connectivity index (χ0) is 17.1. The maximum Gasteiger partial charge on any atom is 0.203 e. The van der Waals surface area contributed by atoms with Crippen LogP contribution in [0, 0.1) is 6.92 Å². The summed E-state index contributed by atoms with van der Waals surface area (Å²) < 4.78 is 17.2. The second-order valence-electron chi connectivity index (χ2n) is 5.21. The molecule has 126 valence electrons. The third-order valence-corrected chi connectivity index (χ3v) is 4.81. The number of benzene rings is 1. The molecule has 0 aliphatic carbocycles. The van der Waals surface area contributed by atoms with E-state index in [1.165, 1.54) is 0 Å². The van der Waals surface area contributed by atoms with Gasteiger partial charge in [0.05, 0.1) is 31.5 Å². The van der Waals surface area contributed by atoms with Crippen molar-refractivity contribution in [3.8, 4) is 17.2 Å². The summed E-state index contributed by atoms with van der Waals surface area (Å²) in [5, 5.41) is 5.45. The van der Waals surface area contributed by atoms with Gasteiger partial charge in [0.2, 0.25) is 5.75 Å². The molecule has 6 nitrogen and oxygen atoms in total. The highest BCUT2D eigenvalue weighted by atomic mass is 32.1. The molecule has 24 heavy (non-hydrogen) atoms. The van der Waals surface area contributed by atoms with Crippen molar-refractivity contribution in [3.63, 3.8) is 0 Å². The van der Waals surface area contributed by atoms with Crippen LogP contribution in [-0.2, 0) is 6.54 Å². The monoisotopic (exact) mass is 345 g/mol. The molecule has 0 spiro atoms. The van der Waals surface area contributed by atoms with Crippen LogP contribution in [0.15, 0.2) is 23.8 Å². The average Bonchev–Trinajstić information content (AvgIpc) is 3.00. The zero-order valence-electron chi connectivity index (χ0n) is 14.0. The first-order valence-corrected chi connectivity index (χ1v) is 8.27. The maximum atomic E-state index is 5.39. The van der Waals surface area contributed by atoms with Gasteiger partial charge in [0, 0.05) is 6.54 Å². The van der Waals surface area contributed by atoms with Crippen molar-refractivity contribution in [3.05, 3.63) is 35.0 Å². The Morgan fingerprint density at radius 3 is 2.38 bits per heavy atom. The molecule has 0 aliphatic heterocycles. The molecule has 1 aromatic carbocycles. The number of aryl methyl sites for hydroxylation is 1. The lowest BCUT2D eigenvalue weighted by molar-refractivity contribution is 0.324. The number of aromatic nitrogens is 2. The molecule has 0 bridgehead atoms. The van der Waals surface area contributed by atoms with Crippen molar-refractivity contribution in [2.45, 2.75) is 13.5 Å². The Kier molecular flexibility index (Phi) is 4.71. The van der Waals surface area contributed by atoms with Gasteiger partial charge in [-0.25, -0.2) is 9.97 Å².